The van der Waals surface area contributed by atoms with Crippen molar-refractivity contribution >= 4 is 27.7 Å². The van der Waals surface area contributed by atoms with Crippen LogP contribution < -0.4 is 0 Å². The van der Waals surface area contributed by atoms with Crippen LogP contribution >= 0.6 is 27.7 Å². The molecule has 16 heavy (non-hydrogen) atoms. The molecule has 1 heterocycles. The van der Waals surface area contributed by atoms with Crippen LogP contribution in [0, 0.1) is 11.3 Å². The average Bonchev–Trinajstić information content (AvgIpc) is 2.65. The van der Waals surface area contributed by atoms with Gasteiger partial charge in [-0.15, -0.1) is 11.8 Å². The number of rotatable bonds is 2. The highest BCUT2D eigenvalue weighted by Crippen LogP contribution is 2.36. The van der Waals surface area contributed by atoms with E-state index in [0.29, 0.717) is 5.25 Å². The van der Waals surface area contributed by atoms with Gasteiger partial charge in [-0.3, -0.25) is 0 Å². The Kier molecular flexibility index (Phi) is 3.91. The first-order valence-corrected chi connectivity index (χ1v) is 6.86. The molecule has 0 amide bonds. The Bertz CT molecular complexity index is 430. The molecule has 1 aliphatic heterocycles. The third-order valence-corrected chi connectivity index (χ3v) is 4.85. The first-order valence-electron chi connectivity index (χ1n) is 5.19. The first-order chi connectivity index (χ1) is 7.72. The Morgan fingerprint density at radius 1 is 1.56 bits per heavy atom. The van der Waals surface area contributed by atoms with E-state index in [1.165, 1.54) is 0 Å². The number of hydrogen-bond acceptors (Lipinski definition) is 3. The summed E-state index contributed by atoms with van der Waals surface area (Å²) in [4.78, 5) is 1.04. The minimum atomic E-state index is 0.274. The molecule has 1 aromatic rings. The van der Waals surface area contributed by atoms with Crippen LogP contribution in [-0.4, -0.2) is 18.0 Å². The number of thioether (sulfide) groups is 1. The van der Waals surface area contributed by atoms with Gasteiger partial charge in [0.2, 0.25) is 0 Å². The number of hydrogen-bond donors (Lipinski definition) is 0. The molecule has 1 aromatic carbocycles. The molecule has 1 saturated heterocycles. The number of halogens is 1. The van der Waals surface area contributed by atoms with Gasteiger partial charge in [0.25, 0.3) is 0 Å². The molecule has 2 nitrogen and oxygen atoms in total. The zero-order valence-corrected chi connectivity index (χ0v) is 11.3. The van der Waals surface area contributed by atoms with Gasteiger partial charge in [-0.05, 0) is 41.4 Å². The third kappa shape index (κ3) is 2.42. The van der Waals surface area contributed by atoms with Crippen molar-refractivity contribution in [3.05, 3.63) is 28.2 Å². The summed E-state index contributed by atoms with van der Waals surface area (Å²) in [6.07, 6.45) is 1.33. The van der Waals surface area contributed by atoms with E-state index in [4.69, 9.17) is 10.00 Å². The molecule has 1 fully saturated rings. The van der Waals surface area contributed by atoms with E-state index in [1.54, 1.807) is 11.8 Å². The summed E-state index contributed by atoms with van der Waals surface area (Å²) in [6, 6.07) is 8.11. The Labute approximate surface area is 108 Å². The van der Waals surface area contributed by atoms with Gasteiger partial charge < -0.3 is 4.74 Å². The average molecular weight is 298 g/mol. The molecular weight excluding hydrogens is 286 g/mol. The summed E-state index contributed by atoms with van der Waals surface area (Å²) in [5, 5.41) is 9.57. The van der Waals surface area contributed by atoms with E-state index in [2.05, 4.69) is 28.9 Å². The van der Waals surface area contributed by atoms with Gasteiger partial charge >= 0.3 is 0 Å². The van der Waals surface area contributed by atoms with E-state index < -0.39 is 0 Å². The topological polar surface area (TPSA) is 33.0 Å². The molecule has 1 aliphatic rings. The molecule has 2 rings (SSSR count). The fraction of sp³-hybridized carbons (Fsp3) is 0.417. The van der Waals surface area contributed by atoms with Crippen LogP contribution in [0.15, 0.2) is 27.6 Å². The monoisotopic (exact) mass is 297 g/mol. The normalized spacial score (nSPS) is 24.3. The second kappa shape index (κ2) is 5.22. The highest BCUT2D eigenvalue weighted by molar-refractivity contribution is 9.10. The summed E-state index contributed by atoms with van der Waals surface area (Å²) in [7, 11) is 0. The van der Waals surface area contributed by atoms with Crippen LogP contribution in [0.2, 0.25) is 0 Å². The lowest BCUT2D eigenvalue weighted by atomic mass is 10.2. The maximum atomic E-state index is 9.11. The van der Waals surface area contributed by atoms with Crippen molar-refractivity contribution in [1.82, 2.24) is 0 Å². The molecular formula is C12H12BrNOS. The van der Waals surface area contributed by atoms with Crippen molar-refractivity contribution in [2.45, 2.75) is 29.6 Å². The van der Waals surface area contributed by atoms with Gasteiger partial charge in [-0.25, -0.2) is 0 Å². The highest BCUT2D eigenvalue weighted by Gasteiger charge is 2.26. The Hall–Kier alpha value is -0.500. The number of nitrogens with zero attached hydrogens (tertiary/aromatic N) is 1. The van der Waals surface area contributed by atoms with Crippen molar-refractivity contribution in [3.8, 4) is 6.07 Å². The summed E-state index contributed by atoms with van der Waals surface area (Å²) in [5.41, 5.74) is 0.728. The van der Waals surface area contributed by atoms with Crippen LogP contribution in [0.5, 0.6) is 0 Å². The molecule has 0 bridgehead atoms. The SMILES string of the molecule is CC1OCCC1Sc1cccc(Br)c1C#N. The quantitative estimate of drug-likeness (QED) is 0.836. The molecule has 0 saturated carbocycles. The summed E-state index contributed by atoms with van der Waals surface area (Å²) < 4.78 is 6.39. The molecule has 0 spiro atoms. The largest absolute Gasteiger partial charge is 0.377 e. The molecule has 2 atom stereocenters. The van der Waals surface area contributed by atoms with Gasteiger partial charge in [0, 0.05) is 21.2 Å². The zero-order chi connectivity index (χ0) is 11.5. The van der Waals surface area contributed by atoms with Crippen molar-refractivity contribution < 1.29 is 4.74 Å². The van der Waals surface area contributed by atoms with Crippen LogP contribution in [0.4, 0.5) is 0 Å². The summed E-state index contributed by atoms with van der Waals surface area (Å²) in [6.45, 7) is 2.92. The lowest BCUT2D eigenvalue weighted by Crippen LogP contribution is -2.13. The second-order valence-electron chi connectivity index (χ2n) is 3.75. The van der Waals surface area contributed by atoms with Gasteiger partial charge in [-0.1, -0.05) is 6.07 Å². The van der Waals surface area contributed by atoms with E-state index in [1.807, 2.05) is 18.2 Å². The smallest absolute Gasteiger partial charge is 0.101 e. The van der Waals surface area contributed by atoms with Crippen LogP contribution in [0.1, 0.15) is 18.9 Å². The Morgan fingerprint density at radius 3 is 3.00 bits per heavy atom. The van der Waals surface area contributed by atoms with Gasteiger partial charge in [0.15, 0.2) is 0 Å². The van der Waals surface area contributed by atoms with Crippen LogP contribution in [0.25, 0.3) is 0 Å². The second-order valence-corrected chi connectivity index (χ2v) is 5.88. The van der Waals surface area contributed by atoms with Crippen molar-refractivity contribution in [3.63, 3.8) is 0 Å². The molecule has 0 radical (unpaired) electrons. The van der Waals surface area contributed by atoms with E-state index >= 15 is 0 Å². The van der Waals surface area contributed by atoms with Gasteiger partial charge in [0.05, 0.1) is 11.7 Å². The summed E-state index contributed by atoms with van der Waals surface area (Å²) in [5.74, 6) is 0. The lowest BCUT2D eigenvalue weighted by Gasteiger charge is -2.14. The first kappa shape index (κ1) is 12.0. The fourth-order valence-electron chi connectivity index (χ4n) is 1.74. The molecule has 0 N–H and O–H groups in total. The Morgan fingerprint density at radius 2 is 2.38 bits per heavy atom. The standard InChI is InChI=1S/C12H12BrNOS/c1-8-11(5-6-15-8)16-12-4-2-3-10(13)9(12)7-14/h2-4,8,11H,5-6H2,1H3. The maximum Gasteiger partial charge on any atom is 0.101 e. The number of nitriles is 1. The fourth-order valence-corrected chi connectivity index (χ4v) is 3.57. The molecule has 84 valence electrons. The third-order valence-electron chi connectivity index (χ3n) is 2.67. The molecule has 4 heteroatoms. The van der Waals surface area contributed by atoms with Crippen molar-refractivity contribution in [1.29, 1.82) is 5.26 Å². The molecule has 2 unspecified atom stereocenters. The van der Waals surface area contributed by atoms with Gasteiger partial charge in [-0.2, -0.15) is 5.26 Å². The van der Waals surface area contributed by atoms with E-state index in [-0.39, 0.29) is 6.10 Å². The van der Waals surface area contributed by atoms with Crippen LogP contribution in [-0.2, 0) is 4.74 Å². The van der Waals surface area contributed by atoms with Crippen LogP contribution in [0.3, 0.4) is 0 Å². The van der Waals surface area contributed by atoms with E-state index in [9.17, 15) is 0 Å². The maximum absolute atomic E-state index is 9.11. The lowest BCUT2D eigenvalue weighted by molar-refractivity contribution is 0.127. The molecule has 0 aliphatic carbocycles. The zero-order valence-electron chi connectivity index (χ0n) is 8.94. The predicted molar refractivity (Wildman–Crippen MR) is 68.5 cm³/mol. The Balaban J connectivity index is 2.21. The highest BCUT2D eigenvalue weighted by atomic mass is 79.9. The minimum absolute atomic E-state index is 0.274. The predicted octanol–water partition coefficient (Wildman–Crippen LogP) is 3.59. The van der Waals surface area contributed by atoms with E-state index in [0.717, 1.165) is 28.0 Å². The summed E-state index contributed by atoms with van der Waals surface area (Å²) >= 11 is 5.15. The van der Waals surface area contributed by atoms with Gasteiger partial charge in [0.1, 0.15) is 6.07 Å². The number of benzene rings is 1. The van der Waals surface area contributed by atoms with Crippen molar-refractivity contribution in [2.75, 3.05) is 6.61 Å². The molecule has 0 aromatic heterocycles. The number of ether oxygens (including phenoxy) is 1. The van der Waals surface area contributed by atoms with Crippen molar-refractivity contribution in [2.24, 2.45) is 0 Å². The minimum Gasteiger partial charge on any atom is -0.377 e.